The van der Waals surface area contributed by atoms with Gasteiger partial charge in [0, 0.05) is 26.2 Å². The van der Waals surface area contributed by atoms with Crippen molar-refractivity contribution in [2.75, 3.05) is 46.4 Å². The molecule has 5 heteroatoms. The minimum Gasteiger partial charge on any atom is -0.480 e. The van der Waals surface area contributed by atoms with Gasteiger partial charge < -0.3 is 9.84 Å². The molecule has 5 nitrogen and oxygen atoms in total. The molecule has 1 unspecified atom stereocenters. The van der Waals surface area contributed by atoms with E-state index in [0.29, 0.717) is 6.54 Å². The van der Waals surface area contributed by atoms with E-state index in [1.165, 1.54) is 31.2 Å². The largest absolute Gasteiger partial charge is 0.480 e. The summed E-state index contributed by atoms with van der Waals surface area (Å²) in [6, 6.07) is 10.9. The summed E-state index contributed by atoms with van der Waals surface area (Å²) in [7, 11) is 1.85. The molecule has 1 aliphatic heterocycles. The molecule has 1 aromatic rings. The van der Waals surface area contributed by atoms with Gasteiger partial charge in [0.05, 0.1) is 19.3 Å². The second-order valence-corrected chi connectivity index (χ2v) is 7.97. The predicted octanol–water partition coefficient (Wildman–Crippen LogP) is 2.68. The van der Waals surface area contributed by atoms with Gasteiger partial charge in [-0.25, -0.2) is 0 Å². The Kier molecular flexibility index (Phi) is 7.06. The minimum absolute atomic E-state index is 0.0728. The van der Waals surface area contributed by atoms with Gasteiger partial charge in [0.25, 0.3) is 0 Å². The first-order chi connectivity index (χ1) is 12.6. The lowest BCUT2D eigenvalue weighted by Gasteiger charge is -2.38. The molecule has 1 N–H and O–H groups in total. The van der Waals surface area contributed by atoms with E-state index < -0.39 is 5.97 Å². The van der Waals surface area contributed by atoms with E-state index in [2.05, 4.69) is 35.2 Å². The van der Waals surface area contributed by atoms with Gasteiger partial charge in [-0.15, -0.1) is 0 Å². The molecular weight excluding hydrogens is 328 g/mol. The number of hydrogen-bond acceptors (Lipinski definition) is 4. The van der Waals surface area contributed by atoms with Crippen LogP contribution in [-0.4, -0.2) is 73.4 Å². The van der Waals surface area contributed by atoms with E-state index >= 15 is 0 Å². The summed E-state index contributed by atoms with van der Waals surface area (Å²) in [4.78, 5) is 15.2. The molecule has 2 aliphatic rings. The molecule has 1 saturated carbocycles. The van der Waals surface area contributed by atoms with Crippen molar-refractivity contribution >= 4 is 5.97 Å². The molecular formula is C21H32N2O3. The van der Waals surface area contributed by atoms with Crippen LogP contribution in [0.25, 0.3) is 0 Å². The average Bonchev–Trinajstić information content (AvgIpc) is 2.63. The summed E-state index contributed by atoms with van der Waals surface area (Å²) in [5.74, 6) is 0.732. The van der Waals surface area contributed by atoms with Crippen LogP contribution in [0.15, 0.2) is 30.3 Å². The maximum Gasteiger partial charge on any atom is 0.317 e. The van der Waals surface area contributed by atoms with Crippen molar-refractivity contribution in [1.29, 1.82) is 0 Å². The Hall–Kier alpha value is -1.43. The molecule has 2 fully saturated rings. The lowest BCUT2D eigenvalue weighted by atomic mass is 9.78. The average molecular weight is 360 g/mol. The van der Waals surface area contributed by atoms with Crippen LogP contribution >= 0.6 is 0 Å². The summed E-state index contributed by atoms with van der Waals surface area (Å²) in [6.07, 6.45) is 5.32. The quantitative estimate of drug-likeness (QED) is 0.810. The number of likely N-dealkylation sites (N-methyl/N-ethyl adjacent to an activating group) is 1. The van der Waals surface area contributed by atoms with Gasteiger partial charge in [0.2, 0.25) is 0 Å². The second-order valence-electron chi connectivity index (χ2n) is 7.97. The molecule has 0 radical (unpaired) electrons. The van der Waals surface area contributed by atoms with Crippen molar-refractivity contribution in [3.8, 4) is 0 Å². The van der Waals surface area contributed by atoms with Crippen LogP contribution in [0, 0.1) is 5.92 Å². The van der Waals surface area contributed by atoms with E-state index in [9.17, 15) is 4.79 Å². The third kappa shape index (κ3) is 5.79. The van der Waals surface area contributed by atoms with E-state index in [4.69, 9.17) is 9.84 Å². The molecule has 1 aliphatic carbocycles. The Bertz CT molecular complexity index is 558. The van der Waals surface area contributed by atoms with Gasteiger partial charge in [0.15, 0.2) is 0 Å². The summed E-state index contributed by atoms with van der Waals surface area (Å²) < 4.78 is 5.85. The highest BCUT2D eigenvalue weighted by molar-refractivity contribution is 5.69. The minimum atomic E-state index is -0.782. The van der Waals surface area contributed by atoms with Crippen molar-refractivity contribution in [2.24, 2.45) is 5.92 Å². The third-order valence-electron chi connectivity index (χ3n) is 5.78. The fraction of sp³-hybridized carbons (Fsp3) is 0.667. The number of morpholine rings is 1. The lowest BCUT2D eigenvalue weighted by molar-refractivity contribution is -0.138. The lowest BCUT2D eigenvalue weighted by Crippen LogP contribution is -2.49. The second kappa shape index (κ2) is 9.49. The topological polar surface area (TPSA) is 53.0 Å². The van der Waals surface area contributed by atoms with Gasteiger partial charge in [-0.2, -0.15) is 0 Å². The van der Waals surface area contributed by atoms with Crippen LogP contribution in [0.2, 0.25) is 0 Å². The third-order valence-corrected chi connectivity index (χ3v) is 5.78. The van der Waals surface area contributed by atoms with Crippen LogP contribution in [0.3, 0.4) is 0 Å². The SMILES string of the molecule is CN(CC(=O)O)CC1CN(CC2CCC(c3ccccc3)CC2)CCO1. The number of ether oxygens (including phenoxy) is 1. The zero-order chi connectivity index (χ0) is 18.4. The van der Waals surface area contributed by atoms with Crippen molar-refractivity contribution in [1.82, 2.24) is 9.80 Å². The molecule has 144 valence electrons. The molecule has 0 bridgehead atoms. The Labute approximate surface area is 156 Å². The maximum absolute atomic E-state index is 10.8. The van der Waals surface area contributed by atoms with Crippen LogP contribution < -0.4 is 0 Å². The summed E-state index contributed by atoms with van der Waals surface area (Å²) in [6.45, 7) is 4.59. The molecule has 1 saturated heterocycles. The number of hydrogen-bond donors (Lipinski definition) is 1. The van der Waals surface area contributed by atoms with Crippen molar-refractivity contribution < 1.29 is 14.6 Å². The first-order valence-electron chi connectivity index (χ1n) is 9.89. The maximum atomic E-state index is 10.8. The van der Waals surface area contributed by atoms with E-state index in [-0.39, 0.29) is 12.6 Å². The number of carboxylic acid groups (broad SMARTS) is 1. The fourth-order valence-corrected chi connectivity index (χ4v) is 4.47. The monoisotopic (exact) mass is 360 g/mol. The summed E-state index contributed by atoms with van der Waals surface area (Å²) in [5, 5.41) is 8.89. The van der Waals surface area contributed by atoms with Gasteiger partial charge in [-0.3, -0.25) is 14.6 Å². The first kappa shape index (κ1) is 19.3. The Morgan fingerprint density at radius 1 is 1.23 bits per heavy atom. The number of rotatable bonds is 7. The molecule has 1 atom stereocenters. The Balaban J connectivity index is 1.41. The number of carbonyl (C=O) groups is 1. The zero-order valence-electron chi connectivity index (χ0n) is 15.8. The number of benzene rings is 1. The standard InChI is InChI=1S/C21H32N2O3/c1-22(16-21(24)25)14-20-15-23(11-12-26-20)13-17-7-9-19(10-8-17)18-5-3-2-4-6-18/h2-6,17,19-20H,7-16H2,1H3,(H,24,25). The fourth-order valence-electron chi connectivity index (χ4n) is 4.47. The molecule has 26 heavy (non-hydrogen) atoms. The molecule has 3 rings (SSSR count). The smallest absolute Gasteiger partial charge is 0.317 e. The highest BCUT2D eigenvalue weighted by Gasteiger charge is 2.27. The van der Waals surface area contributed by atoms with Gasteiger partial charge >= 0.3 is 5.97 Å². The summed E-state index contributed by atoms with van der Waals surface area (Å²) in [5.41, 5.74) is 1.50. The summed E-state index contributed by atoms with van der Waals surface area (Å²) >= 11 is 0. The van der Waals surface area contributed by atoms with Gasteiger partial charge in [-0.1, -0.05) is 30.3 Å². The zero-order valence-corrected chi connectivity index (χ0v) is 15.8. The van der Waals surface area contributed by atoms with Gasteiger partial charge in [0.1, 0.15) is 0 Å². The number of carboxylic acids is 1. The Morgan fingerprint density at radius 2 is 1.96 bits per heavy atom. The van der Waals surface area contributed by atoms with E-state index in [1.54, 1.807) is 0 Å². The van der Waals surface area contributed by atoms with Crippen LogP contribution in [0.5, 0.6) is 0 Å². The van der Waals surface area contributed by atoms with Crippen molar-refractivity contribution in [3.05, 3.63) is 35.9 Å². The van der Waals surface area contributed by atoms with Crippen molar-refractivity contribution in [3.63, 3.8) is 0 Å². The highest BCUT2D eigenvalue weighted by Crippen LogP contribution is 2.36. The first-order valence-corrected chi connectivity index (χ1v) is 9.89. The van der Waals surface area contributed by atoms with Crippen LogP contribution in [-0.2, 0) is 9.53 Å². The highest BCUT2D eigenvalue weighted by atomic mass is 16.5. The van der Waals surface area contributed by atoms with E-state index in [1.807, 2.05) is 11.9 Å². The van der Waals surface area contributed by atoms with Crippen LogP contribution in [0.1, 0.15) is 37.2 Å². The molecule has 0 aromatic heterocycles. The van der Waals surface area contributed by atoms with Crippen molar-refractivity contribution in [2.45, 2.75) is 37.7 Å². The molecule has 0 amide bonds. The molecule has 0 spiro atoms. The molecule has 1 heterocycles. The normalized spacial score (nSPS) is 27.5. The Morgan fingerprint density at radius 3 is 2.65 bits per heavy atom. The van der Waals surface area contributed by atoms with Gasteiger partial charge in [-0.05, 0) is 50.1 Å². The predicted molar refractivity (Wildman–Crippen MR) is 102 cm³/mol. The van der Waals surface area contributed by atoms with Crippen LogP contribution in [0.4, 0.5) is 0 Å². The molecule has 1 aromatic carbocycles. The number of aliphatic carboxylic acids is 1. The van der Waals surface area contributed by atoms with E-state index in [0.717, 1.165) is 38.1 Å². The number of nitrogens with zero attached hydrogens (tertiary/aromatic N) is 2.